The second-order valence-corrected chi connectivity index (χ2v) is 2.80. The van der Waals surface area contributed by atoms with Gasteiger partial charge in [-0.3, -0.25) is 0 Å². The molecule has 0 aromatic carbocycles. The van der Waals surface area contributed by atoms with Crippen LogP contribution in [-0.4, -0.2) is 28.5 Å². The number of hydrogen-bond acceptors (Lipinski definition) is 5. The Bertz CT molecular complexity index is 147. The van der Waals surface area contributed by atoms with E-state index in [0.717, 1.165) is 25.9 Å². The number of nitrogens with zero attached hydrogens (tertiary/aromatic N) is 3. The second-order valence-electron chi connectivity index (χ2n) is 2.80. The van der Waals surface area contributed by atoms with Crippen LogP contribution < -0.4 is 11.5 Å². The van der Waals surface area contributed by atoms with Crippen LogP contribution >= 0.6 is 0 Å². The summed E-state index contributed by atoms with van der Waals surface area (Å²) in [5.74, 6) is 0. The highest BCUT2D eigenvalue weighted by Gasteiger charge is 1.83. The molecule has 80 valence electrons. The lowest BCUT2D eigenvalue weighted by Crippen LogP contribution is -2.00. The Hall–Kier alpha value is -1.07. The van der Waals surface area contributed by atoms with Gasteiger partial charge in [0.1, 0.15) is 0 Å². The van der Waals surface area contributed by atoms with Crippen molar-refractivity contribution in [2.75, 3.05) is 13.1 Å². The van der Waals surface area contributed by atoms with E-state index in [-0.39, 0.29) is 0 Å². The minimum Gasteiger partial charge on any atom is -0.330 e. The maximum Gasteiger partial charge on any atom is 0.0529 e. The number of aromatic nitrogens is 3. The molecule has 0 aliphatic rings. The van der Waals surface area contributed by atoms with Crippen LogP contribution in [0, 0.1) is 0 Å². The van der Waals surface area contributed by atoms with Gasteiger partial charge in [0, 0.05) is 0 Å². The molecule has 4 N–H and O–H groups in total. The molecule has 5 heteroatoms. The molecule has 0 spiro atoms. The Morgan fingerprint density at radius 2 is 1.29 bits per heavy atom. The summed E-state index contributed by atoms with van der Waals surface area (Å²) in [6, 6.07) is 1.72. The van der Waals surface area contributed by atoms with Gasteiger partial charge in [-0.25, -0.2) is 0 Å². The van der Waals surface area contributed by atoms with E-state index >= 15 is 0 Å². The van der Waals surface area contributed by atoms with Gasteiger partial charge in [-0.15, -0.1) is 10.2 Å². The van der Waals surface area contributed by atoms with Crippen LogP contribution in [0.4, 0.5) is 0 Å². The van der Waals surface area contributed by atoms with Crippen molar-refractivity contribution < 1.29 is 0 Å². The van der Waals surface area contributed by atoms with E-state index in [1.54, 1.807) is 18.5 Å². The lowest BCUT2D eigenvalue weighted by atomic mass is 10.2. The largest absolute Gasteiger partial charge is 0.330 e. The molecule has 14 heavy (non-hydrogen) atoms. The molecule has 0 atom stereocenters. The van der Waals surface area contributed by atoms with Crippen molar-refractivity contribution in [1.29, 1.82) is 0 Å². The van der Waals surface area contributed by atoms with Crippen molar-refractivity contribution in [2.45, 2.75) is 25.7 Å². The maximum atomic E-state index is 5.28. The van der Waals surface area contributed by atoms with E-state index in [4.69, 9.17) is 11.5 Å². The summed E-state index contributed by atoms with van der Waals surface area (Å²) in [4.78, 5) is 0. The standard InChI is InChI=1S/C6H16N2.C3H3N3/c7-5-3-1-2-4-6-8;1-2-4-6-5-3-1/h1-8H2;1-3H. The molecule has 0 bridgehead atoms. The highest BCUT2D eigenvalue weighted by atomic mass is 15.3. The lowest BCUT2D eigenvalue weighted by Gasteiger charge is -1.94. The zero-order valence-corrected chi connectivity index (χ0v) is 8.47. The molecule has 0 amide bonds. The molecule has 0 fully saturated rings. The summed E-state index contributed by atoms with van der Waals surface area (Å²) >= 11 is 0. The zero-order valence-electron chi connectivity index (χ0n) is 8.47. The number of nitrogens with two attached hydrogens (primary N) is 2. The van der Waals surface area contributed by atoms with Gasteiger partial charge in [-0.1, -0.05) is 12.8 Å². The van der Waals surface area contributed by atoms with Gasteiger partial charge in [0.25, 0.3) is 0 Å². The Morgan fingerprint density at radius 3 is 1.50 bits per heavy atom. The van der Waals surface area contributed by atoms with Crippen LogP contribution in [0.3, 0.4) is 0 Å². The fourth-order valence-electron chi connectivity index (χ4n) is 0.847. The molecule has 1 rings (SSSR count). The number of rotatable bonds is 5. The third kappa shape index (κ3) is 10.9. The van der Waals surface area contributed by atoms with Gasteiger partial charge in [0.15, 0.2) is 0 Å². The molecule has 0 saturated carbocycles. The monoisotopic (exact) mass is 197 g/mol. The molecule has 5 nitrogen and oxygen atoms in total. The van der Waals surface area contributed by atoms with Crippen LogP contribution in [0.5, 0.6) is 0 Å². The third-order valence-corrected chi connectivity index (χ3v) is 1.57. The first-order chi connectivity index (χ1) is 6.91. The molecular formula is C9H19N5. The summed E-state index contributed by atoms with van der Waals surface area (Å²) in [5, 5.41) is 10.1. The first-order valence-corrected chi connectivity index (χ1v) is 4.90. The molecule has 0 radical (unpaired) electrons. The molecular weight excluding hydrogens is 178 g/mol. The topological polar surface area (TPSA) is 90.7 Å². The van der Waals surface area contributed by atoms with Crippen LogP contribution in [-0.2, 0) is 0 Å². The highest BCUT2D eigenvalue weighted by molar-refractivity contribution is 4.69. The Morgan fingerprint density at radius 1 is 0.786 bits per heavy atom. The van der Waals surface area contributed by atoms with Crippen molar-refractivity contribution in [3.8, 4) is 0 Å². The van der Waals surface area contributed by atoms with E-state index in [0.29, 0.717) is 0 Å². The van der Waals surface area contributed by atoms with Gasteiger partial charge < -0.3 is 11.5 Å². The summed E-state index contributed by atoms with van der Waals surface area (Å²) in [6.45, 7) is 1.65. The molecule has 1 heterocycles. The number of hydrogen-bond donors (Lipinski definition) is 2. The van der Waals surface area contributed by atoms with E-state index in [1.807, 2.05) is 0 Å². The van der Waals surface area contributed by atoms with Gasteiger partial charge in [-0.2, -0.15) is 0 Å². The predicted octanol–water partition coefficient (Wildman–Crippen LogP) is 0.336. The summed E-state index contributed by atoms with van der Waals surface area (Å²) in [7, 11) is 0. The molecule has 0 aliphatic carbocycles. The van der Waals surface area contributed by atoms with Crippen molar-refractivity contribution in [3.63, 3.8) is 0 Å². The molecule has 0 unspecified atom stereocenters. The summed E-state index contributed by atoms with van der Waals surface area (Å²) in [6.07, 6.45) is 7.95. The van der Waals surface area contributed by atoms with Crippen molar-refractivity contribution in [3.05, 3.63) is 18.5 Å². The zero-order chi connectivity index (χ0) is 10.5. The SMILES string of the molecule is NCCCCCCN.c1cnnnc1. The predicted molar refractivity (Wildman–Crippen MR) is 56.4 cm³/mol. The van der Waals surface area contributed by atoms with Crippen molar-refractivity contribution in [1.82, 2.24) is 15.4 Å². The lowest BCUT2D eigenvalue weighted by molar-refractivity contribution is 0.653. The van der Waals surface area contributed by atoms with E-state index in [2.05, 4.69) is 15.4 Å². The smallest absolute Gasteiger partial charge is 0.0529 e. The van der Waals surface area contributed by atoms with Gasteiger partial charge in [-0.05, 0) is 37.2 Å². The molecule has 1 aromatic heterocycles. The first kappa shape index (κ1) is 12.9. The van der Waals surface area contributed by atoms with E-state index in [9.17, 15) is 0 Å². The summed E-state index contributed by atoms with van der Waals surface area (Å²) < 4.78 is 0. The van der Waals surface area contributed by atoms with Crippen molar-refractivity contribution >= 4 is 0 Å². The molecule has 0 aliphatic heterocycles. The van der Waals surface area contributed by atoms with Crippen molar-refractivity contribution in [2.24, 2.45) is 11.5 Å². The van der Waals surface area contributed by atoms with Crippen LogP contribution in [0.15, 0.2) is 18.5 Å². The normalized spacial score (nSPS) is 9.00. The Labute approximate surface area is 84.9 Å². The number of unbranched alkanes of at least 4 members (excludes halogenated alkanes) is 3. The highest BCUT2D eigenvalue weighted by Crippen LogP contribution is 1.95. The quantitative estimate of drug-likeness (QED) is 0.664. The fraction of sp³-hybridized carbons (Fsp3) is 0.667. The molecule has 1 aromatic rings. The van der Waals surface area contributed by atoms with E-state index in [1.165, 1.54) is 12.8 Å². The van der Waals surface area contributed by atoms with Gasteiger partial charge in [0.2, 0.25) is 0 Å². The van der Waals surface area contributed by atoms with Crippen LogP contribution in [0.25, 0.3) is 0 Å². The van der Waals surface area contributed by atoms with Crippen LogP contribution in [0.1, 0.15) is 25.7 Å². The maximum absolute atomic E-state index is 5.28. The average Bonchev–Trinajstić information content (AvgIpc) is 2.28. The Balaban J connectivity index is 0.000000249. The van der Waals surface area contributed by atoms with E-state index < -0.39 is 0 Å². The average molecular weight is 197 g/mol. The second kappa shape index (κ2) is 11.9. The van der Waals surface area contributed by atoms with Gasteiger partial charge in [0.05, 0.1) is 12.4 Å². The Kier molecular flexibility index (Phi) is 11.0. The van der Waals surface area contributed by atoms with Crippen LogP contribution in [0.2, 0.25) is 0 Å². The fourth-order valence-corrected chi connectivity index (χ4v) is 0.847. The first-order valence-electron chi connectivity index (χ1n) is 4.90. The minimum atomic E-state index is 0.824. The summed E-state index contributed by atoms with van der Waals surface area (Å²) in [5.41, 5.74) is 10.6. The minimum absolute atomic E-state index is 0.824. The third-order valence-electron chi connectivity index (χ3n) is 1.57. The van der Waals surface area contributed by atoms with Gasteiger partial charge >= 0.3 is 0 Å². The molecule has 0 saturated heterocycles.